The molecule has 164 valence electrons. The van der Waals surface area contributed by atoms with Crippen LogP contribution in [0.3, 0.4) is 0 Å². The van der Waals surface area contributed by atoms with E-state index in [1.54, 1.807) is 17.8 Å². The maximum absolute atomic E-state index is 13.2. The van der Waals surface area contributed by atoms with Gasteiger partial charge in [0.15, 0.2) is 5.16 Å². The maximum atomic E-state index is 13.2. The molecule has 1 atom stereocenters. The highest BCUT2D eigenvalue weighted by molar-refractivity contribution is 8.00. The minimum atomic E-state index is -3.80. The van der Waals surface area contributed by atoms with Crippen LogP contribution in [0, 0.1) is 0 Å². The molecule has 7 nitrogen and oxygen atoms in total. The summed E-state index contributed by atoms with van der Waals surface area (Å²) in [5.41, 5.74) is 2.33. The van der Waals surface area contributed by atoms with Gasteiger partial charge < -0.3 is 9.47 Å². The summed E-state index contributed by atoms with van der Waals surface area (Å²) >= 11 is 3.17. The quantitative estimate of drug-likeness (QED) is 0.564. The number of fused-ring (bicyclic) bond motifs is 2. The van der Waals surface area contributed by atoms with Crippen molar-refractivity contribution in [3.63, 3.8) is 0 Å². The van der Waals surface area contributed by atoms with Crippen molar-refractivity contribution in [3.8, 4) is 0 Å². The first kappa shape index (κ1) is 22.2. The molecule has 0 saturated carbocycles. The zero-order valence-electron chi connectivity index (χ0n) is 17.3. The van der Waals surface area contributed by atoms with E-state index in [-0.39, 0.29) is 16.6 Å². The fourth-order valence-corrected chi connectivity index (χ4v) is 6.23. The molecule has 0 bridgehead atoms. The van der Waals surface area contributed by atoms with Gasteiger partial charge in [0.2, 0.25) is 15.9 Å². The van der Waals surface area contributed by atoms with Crippen molar-refractivity contribution in [1.29, 1.82) is 0 Å². The first-order chi connectivity index (χ1) is 14.8. The topological polar surface area (TPSA) is 98.3 Å². The molecule has 0 saturated heterocycles. The number of hydrogen-bond acceptors (Lipinski definition) is 6. The summed E-state index contributed by atoms with van der Waals surface area (Å²) in [5, 5.41) is 6.38. The number of carbonyl (C=O) groups excluding carboxylic acids is 1. The SMILES string of the molecule is CCn1c(SCC(=O)N2CC[C@@H](C)Sc3ccccc32)nc2cc(S(N)(=O)=O)ccc21. The van der Waals surface area contributed by atoms with Crippen molar-refractivity contribution in [2.24, 2.45) is 5.14 Å². The van der Waals surface area contributed by atoms with Crippen LogP contribution in [0.25, 0.3) is 11.0 Å². The fourth-order valence-electron chi connectivity index (χ4n) is 3.63. The van der Waals surface area contributed by atoms with Gasteiger partial charge in [0, 0.05) is 23.2 Å². The van der Waals surface area contributed by atoms with Crippen LogP contribution in [0.4, 0.5) is 5.69 Å². The Morgan fingerprint density at radius 2 is 2.06 bits per heavy atom. The molecule has 10 heteroatoms. The third-order valence-electron chi connectivity index (χ3n) is 5.20. The van der Waals surface area contributed by atoms with Crippen molar-refractivity contribution in [2.45, 2.75) is 47.0 Å². The Hall–Kier alpha value is -2.01. The van der Waals surface area contributed by atoms with Gasteiger partial charge in [0.1, 0.15) is 0 Å². The number of hydrogen-bond donors (Lipinski definition) is 1. The monoisotopic (exact) mass is 476 g/mol. The lowest BCUT2D eigenvalue weighted by molar-refractivity contribution is -0.116. The first-order valence-electron chi connectivity index (χ1n) is 10.00. The summed E-state index contributed by atoms with van der Waals surface area (Å²) in [4.78, 5) is 20.8. The highest BCUT2D eigenvalue weighted by Crippen LogP contribution is 2.37. The largest absolute Gasteiger partial charge is 0.319 e. The van der Waals surface area contributed by atoms with Gasteiger partial charge in [-0.3, -0.25) is 4.79 Å². The van der Waals surface area contributed by atoms with Crippen molar-refractivity contribution >= 4 is 56.2 Å². The van der Waals surface area contributed by atoms with Crippen LogP contribution in [0.15, 0.2) is 57.4 Å². The first-order valence-corrected chi connectivity index (χ1v) is 13.4. The molecule has 0 unspecified atom stereocenters. The van der Waals surface area contributed by atoms with Gasteiger partial charge in [0.25, 0.3) is 0 Å². The van der Waals surface area contributed by atoms with Crippen molar-refractivity contribution < 1.29 is 13.2 Å². The number of amides is 1. The molecule has 0 spiro atoms. The highest BCUT2D eigenvalue weighted by atomic mass is 32.2. The smallest absolute Gasteiger partial charge is 0.238 e. The number of rotatable bonds is 5. The molecule has 2 heterocycles. The molecular formula is C21H24N4O3S3. The minimum Gasteiger partial charge on any atom is -0.319 e. The number of benzene rings is 2. The van der Waals surface area contributed by atoms with E-state index in [2.05, 4.69) is 18.0 Å². The van der Waals surface area contributed by atoms with Crippen LogP contribution in [0.2, 0.25) is 0 Å². The molecular weight excluding hydrogens is 452 g/mol. The van der Waals surface area contributed by atoms with Crippen LogP contribution in [-0.4, -0.2) is 41.4 Å². The molecule has 0 fully saturated rings. The Morgan fingerprint density at radius 3 is 2.81 bits per heavy atom. The number of primary sulfonamides is 1. The summed E-state index contributed by atoms with van der Waals surface area (Å²) in [6.45, 7) is 5.52. The van der Waals surface area contributed by atoms with E-state index in [1.165, 1.54) is 23.9 Å². The normalized spacial score (nSPS) is 16.9. The molecule has 1 aliphatic heterocycles. The zero-order chi connectivity index (χ0) is 22.2. The Kier molecular flexibility index (Phi) is 6.34. The molecule has 1 aliphatic rings. The van der Waals surface area contributed by atoms with E-state index < -0.39 is 10.0 Å². The number of imidazole rings is 1. The Morgan fingerprint density at radius 1 is 1.29 bits per heavy atom. The number of aromatic nitrogens is 2. The number of nitrogens with two attached hydrogens (primary N) is 1. The number of carbonyl (C=O) groups is 1. The fraction of sp³-hybridized carbons (Fsp3) is 0.333. The molecule has 2 aromatic carbocycles. The van der Waals surface area contributed by atoms with Crippen molar-refractivity contribution in [2.75, 3.05) is 17.2 Å². The molecule has 0 aliphatic carbocycles. The highest BCUT2D eigenvalue weighted by Gasteiger charge is 2.25. The van der Waals surface area contributed by atoms with Crippen LogP contribution in [-0.2, 0) is 21.4 Å². The van der Waals surface area contributed by atoms with Gasteiger partial charge in [-0.1, -0.05) is 30.8 Å². The molecule has 0 radical (unpaired) electrons. The number of sulfonamides is 1. The Balaban J connectivity index is 1.58. The summed E-state index contributed by atoms with van der Waals surface area (Å²) in [6.07, 6.45) is 0.930. The molecule has 4 rings (SSSR count). The van der Waals surface area contributed by atoms with Gasteiger partial charge in [-0.15, -0.1) is 11.8 Å². The second-order valence-electron chi connectivity index (χ2n) is 7.35. The zero-order valence-corrected chi connectivity index (χ0v) is 19.8. The average molecular weight is 477 g/mol. The minimum absolute atomic E-state index is 0.0289. The lowest BCUT2D eigenvalue weighted by Crippen LogP contribution is -2.33. The van der Waals surface area contributed by atoms with Gasteiger partial charge >= 0.3 is 0 Å². The molecule has 1 aromatic heterocycles. The summed E-state index contributed by atoms with van der Waals surface area (Å²) in [6, 6.07) is 12.7. The summed E-state index contributed by atoms with van der Waals surface area (Å²) in [7, 11) is -3.80. The van der Waals surface area contributed by atoms with Crippen LogP contribution >= 0.6 is 23.5 Å². The van der Waals surface area contributed by atoms with E-state index in [0.717, 1.165) is 22.5 Å². The molecule has 1 amide bonds. The lowest BCUT2D eigenvalue weighted by Gasteiger charge is -2.22. The Bertz CT molecular complexity index is 1240. The molecule has 31 heavy (non-hydrogen) atoms. The van der Waals surface area contributed by atoms with Crippen molar-refractivity contribution in [3.05, 3.63) is 42.5 Å². The predicted molar refractivity (Wildman–Crippen MR) is 126 cm³/mol. The number of aryl methyl sites for hydroxylation is 1. The number of nitrogens with zero attached hydrogens (tertiary/aromatic N) is 3. The lowest BCUT2D eigenvalue weighted by atomic mass is 10.2. The average Bonchev–Trinajstić information content (AvgIpc) is 2.99. The van der Waals surface area contributed by atoms with Gasteiger partial charge in [-0.25, -0.2) is 18.5 Å². The van der Waals surface area contributed by atoms with E-state index in [0.29, 0.717) is 29.0 Å². The van der Waals surface area contributed by atoms with Crippen LogP contribution in [0.5, 0.6) is 0 Å². The van der Waals surface area contributed by atoms with Crippen molar-refractivity contribution in [1.82, 2.24) is 9.55 Å². The van der Waals surface area contributed by atoms with Gasteiger partial charge in [0.05, 0.1) is 27.4 Å². The van der Waals surface area contributed by atoms with E-state index in [9.17, 15) is 13.2 Å². The van der Waals surface area contributed by atoms with Gasteiger partial charge in [-0.2, -0.15) is 0 Å². The van der Waals surface area contributed by atoms with E-state index in [1.807, 2.05) is 34.6 Å². The standard InChI is InChI=1S/C21H24N4O3S3/c1-3-24-17-9-8-15(31(22,27)28)12-16(17)23-21(24)29-13-20(26)25-11-10-14(2)30-19-7-5-4-6-18(19)25/h4-9,12,14H,3,10-11,13H2,1-2H3,(H2,22,27,28)/t14-/m1/s1. The number of anilines is 1. The molecule has 2 N–H and O–H groups in total. The second-order valence-corrected chi connectivity index (χ2v) is 11.3. The maximum Gasteiger partial charge on any atom is 0.238 e. The third kappa shape index (κ3) is 4.62. The predicted octanol–water partition coefficient (Wildman–Crippen LogP) is 3.71. The third-order valence-corrected chi connectivity index (χ3v) is 8.31. The summed E-state index contributed by atoms with van der Waals surface area (Å²) in [5.74, 6) is 0.283. The van der Waals surface area contributed by atoms with Gasteiger partial charge in [-0.05, 0) is 43.7 Å². The number of thioether (sulfide) groups is 2. The van der Waals surface area contributed by atoms with Crippen LogP contribution in [0.1, 0.15) is 20.3 Å². The second kappa shape index (κ2) is 8.85. The Labute approximate surface area is 190 Å². The van der Waals surface area contributed by atoms with Crippen LogP contribution < -0.4 is 10.0 Å². The van der Waals surface area contributed by atoms with E-state index in [4.69, 9.17) is 5.14 Å². The molecule has 3 aromatic rings. The van der Waals surface area contributed by atoms with E-state index >= 15 is 0 Å². The summed E-state index contributed by atoms with van der Waals surface area (Å²) < 4.78 is 25.3. The number of para-hydroxylation sites is 1.